The zero-order chi connectivity index (χ0) is 6.41. The standard InChI is InChI=1S/C6H14NO/c1-3-8-5-4-6(2)7/h6H,2-5,7H2,1H3. The molecule has 0 aliphatic carbocycles. The van der Waals surface area contributed by atoms with Gasteiger partial charge in [-0.1, -0.05) is 0 Å². The quantitative estimate of drug-likeness (QED) is 0.545. The Kier molecular flexibility index (Phi) is 5.01. The van der Waals surface area contributed by atoms with Crippen LogP contribution in [-0.2, 0) is 4.74 Å². The Morgan fingerprint density at radius 2 is 2.38 bits per heavy atom. The second kappa shape index (κ2) is 5.06. The van der Waals surface area contributed by atoms with Gasteiger partial charge in [-0.3, -0.25) is 0 Å². The molecule has 0 fully saturated rings. The van der Waals surface area contributed by atoms with Gasteiger partial charge in [0, 0.05) is 19.3 Å². The van der Waals surface area contributed by atoms with Crippen LogP contribution in [0.25, 0.3) is 0 Å². The van der Waals surface area contributed by atoms with E-state index < -0.39 is 0 Å². The Bertz CT molecular complexity index is 45.8. The van der Waals surface area contributed by atoms with Crippen molar-refractivity contribution in [1.82, 2.24) is 0 Å². The lowest BCUT2D eigenvalue weighted by atomic mass is 10.3. The van der Waals surface area contributed by atoms with Gasteiger partial charge in [-0.15, -0.1) is 0 Å². The van der Waals surface area contributed by atoms with Crippen LogP contribution in [0.2, 0.25) is 0 Å². The number of hydrogen-bond acceptors (Lipinski definition) is 2. The van der Waals surface area contributed by atoms with Crippen molar-refractivity contribution in [3.63, 3.8) is 0 Å². The molecule has 49 valence electrons. The van der Waals surface area contributed by atoms with E-state index in [0.29, 0.717) is 0 Å². The molecule has 0 aromatic rings. The average Bonchev–Trinajstić information content (AvgIpc) is 1.66. The summed E-state index contributed by atoms with van der Waals surface area (Å²) in [4.78, 5) is 0. The summed E-state index contributed by atoms with van der Waals surface area (Å²) in [7, 11) is 0. The number of nitrogens with two attached hydrogens (primary N) is 1. The van der Waals surface area contributed by atoms with E-state index in [9.17, 15) is 0 Å². The highest BCUT2D eigenvalue weighted by Gasteiger charge is 1.90. The average molecular weight is 116 g/mol. The van der Waals surface area contributed by atoms with Crippen molar-refractivity contribution < 1.29 is 4.74 Å². The summed E-state index contributed by atoms with van der Waals surface area (Å²) >= 11 is 0. The van der Waals surface area contributed by atoms with E-state index in [0.717, 1.165) is 19.6 Å². The fourth-order valence-corrected chi connectivity index (χ4v) is 0.379. The van der Waals surface area contributed by atoms with Gasteiger partial charge < -0.3 is 10.5 Å². The topological polar surface area (TPSA) is 35.2 Å². The maximum Gasteiger partial charge on any atom is 0.0480 e. The summed E-state index contributed by atoms with van der Waals surface area (Å²) in [5.41, 5.74) is 5.34. The summed E-state index contributed by atoms with van der Waals surface area (Å²) in [5, 5.41) is 0. The van der Waals surface area contributed by atoms with E-state index in [1.54, 1.807) is 0 Å². The third-order valence-corrected chi connectivity index (χ3v) is 0.837. The lowest BCUT2D eigenvalue weighted by Gasteiger charge is -2.02. The van der Waals surface area contributed by atoms with Crippen LogP contribution in [0.4, 0.5) is 0 Å². The minimum absolute atomic E-state index is 0.0292. The first-order chi connectivity index (χ1) is 3.77. The SMILES string of the molecule is [CH2]C(N)CCOCC. The van der Waals surface area contributed by atoms with Crippen molar-refractivity contribution in [2.75, 3.05) is 13.2 Å². The maximum atomic E-state index is 5.34. The Morgan fingerprint density at radius 3 is 2.75 bits per heavy atom. The summed E-state index contributed by atoms with van der Waals surface area (Å²) in [6, 6.07) is 0.0292. The van der Waals surface area contributed by atoms with Crippen LogP contribution in [-0.4, -0.2) is 19.3 Å². The molecular weight excluding hydrogens is 102 g/mol. The zero-order valence-corrected chi connectivity index (χ0v) is 5.39. The second-order valence-corrected chi connectivity index (χ2v) is 1.75. The number of rotatable bonds is 4. The first-order valence-electron chi connectivity index (χ1n) is 2.93. The van der Waals surface area contributed by atoms with Gasteiger partial charge >= 0.3 is 0 Å². The molecule has 0 saturated carbocycles. The summed E-state index contributed by atoms with van der Waals surface area (Å²) < 4.78 is 5.02. The molecule has 0 heterocycles. The maximum absolute atomic E-state index is 5.34. The van der Waals surface area contributed by atoms with Crippen LogP contribution in [0, 0.1) is 6.92 Å². The minimum atomic E-state index is 0.0292. The smallest absolute Gasteiger partial charge is 0.0480 e. The highest BCUT2D eigenvalue weighted by Crippen LogP contribution is 1.85. The predicted molar refractivity (Wildman–Crippen MR) is 34.4 cm³/mol. The third kappa shape index (κ3) is 5.92. The number of ether oxygens (including phenoxy) is 1. The molecule has 0 spiro atoms. The van der Waals surface area contributed by atoms with Crippen molar-refractivity contribution in [2.24, 2.45) is 5.73 Å². The highest BCUT2D eigenvalue weighted by atomic mass is 16.5. The predicted octanol–water partition coefficient (Wildman–Crippen LogP) is 0.574. The second-order valence-electron chi connectivity index (χ2n) is 1.75. The molecule has 0 aliphatic heterocycles. The number of hydrogen-bond donors (Lipinski definition) is 1. The first kappa shape index (κ1) is 7.92. The monoisotopic (exact) mass is 116 g/mol. The van der Waals surface area contributed by atoms with Gasteiger partial charge in [0.15, 0.2) is 0 Å². The van der Waals surface area contributed by atoms with Gasteiger partial charge in [0.25, 0.3) is 0 Å². The Balaban J connectivity index is 2.72. The largest absolute Gasteiger partial charge is 0.382 e. The van der Waals surface area contributed by atoms with Crippen molar-refractivity contribution in [3.05, 3.63) is 6.92 Å². The molecule has 2 nitrogen and oxygen atoms in total. The molecular formula is C6H14NO. The molecule has 0 amide bonds. The molecule has 0 rings (SSSR count). The normalized spacial score (nSPS) is 13.9. The van der Waals surface area contributed by atoms with Crippen molar-refractivity contribution in [2.45, 2.75) is 19.4 Å². The first-order valence-corrected chi connectivity index (χ1v) is 2.93. The fraction of sp³-hybridized carbons (Fsp3) is 0.833. The highest BCUT2D eigenvalue weighted by molar-refractivity contribution is 4.60. The van der Waals surface area contributed by atoms with E-state index in [-0.39, 0.29) is 6.04 Å². The Hall–Kier alpha value is -0.0800. The van der Waals surface area contributed by atoms with Crippen molar-refractivity contribution >= 4 is 0 Å². The molecule has 0 bridgehead atoms. The molecule has 0 aromatic heterocycles. The Morgan fingerprint density at radius 1 is 1.75 bits per heavy atom. The molecule has 8 heavy (non-hydrogen) atoms. The van der Waals surface area contributed by atoms with Crippen molar-refractivity contribution in [1.29, 1.82) is 0 Å². The molecule has 2 heteroatoms. The van der Waals surface area contributed by atoms with E-state index in [4.69, 9.17) is 10.5 Å². The van der Waals surface area contributed by atoms with Gasteiger partial charge in [-0.25, -0.2) is 0 Å². The summed E-state index contributed by atoms with van der Waals surface area (Å²) in [5.74, 6) is 0. The molecule has 1 unspecified atom stereocenters. The van der Waals surface area contributed by atoms with Gasteiger partial charge in [-0.05, 0) is 20.3 Å². The molecule has 1 radical (unpaired) electrons. The fourth-order valence-electron chi connectivity index (χ4n) is 0.379. The van der Waals surface area contributed by atoms with Gasteiger partial charge in [0.2, 0.25) is 0 Å². The lowest BCUT2D eigenvalue weighted by Crippen LogP contribution is -2.17. The van der Waals surface area contributed by atoms with E-state index >= 15 is 0 Å². The third-order valence-electron chi connectivity index (χ3n) is 0.837. The molecule has 0 aliphatic rings. The minimum Gasteiger partial charge on any atom is -0.382 e. The summed E-state index contributed by atoms with van der Waals surface area (Å²) in [6.07, 6.45) is 0.855. The summed E-state index contributed by atoms with van der Waals surface area (Å²) in [6.45, 7) is 7.08. The van der Waals surface area contributed by atoms with Crippen LogP contribution >= 0.6 is 0 Å². The molecule has 1 atom stereocenters. The van der Waals surface area contributed by atoms with Crippen molar-refractivity contribution in [3.8, 4) is 0 Å². The van der Waals surface area contributed by atoms with E-state index in [1.165, 1.54) is 0 Å². The lowest BCUT2D eigenvalue weighted by molar-refractivity contribution is 0.142. The van der Waals surface area contributed by atoms with Crippen LogP contribution in [0.1, 0.15) is 13.3 Å². The van der Waals surface area contributed by atoms with Crippen LogP contribution < -0.4 is 5.73 Å². The van der Waals surface area contributed by atoms with E-state index in [1.807, 2.05) is 6.92 Å². The van der Waals surface area contributed by atoms with Crippen LogP contribution in [0.5, 0.6) is 0 Å². The molecule has 2 N–H and O–H groups in total. The molecule has 0 saturated heterocycles. The van der Waals surface area contributed by atoms with Gasteiger partial charge in [0.05, 0.1) is 0 Å². The zero-order valence-electron chi connectivity index (χ0n) is 5.39. The van der Waals surface area contributed by atoms with Gasteiger partial charge in [-0.2, -0.15) is 0 Å². The van der Waals surface area contributed by atoms with Crippen LogP contribution in [0.3, 0.4) is 0 Å². The van der Waals surface area contributed by atoms with E-state index in [2.05, 4.69) is 6.92 Å². The van der Waals surface area contributed by atoms with Gasteiger partial charge in [0.1, 0.15) is 0 Å². The van der Waals surface area contributed by atoms with Crippen LogP contribution in [0.15, 0.2) is 0 Å². The molecule has 0 aromatic carbocycles. The Labute approximate surface area is 51.0 Å².